The zero-order valence-electron chi connectivity index (χ0n) is 16.0. The number of para-hydroxylation sites is 1. The van der Waals surface area contributed by atoms with Gasteiger partial charge in [-0.3, -0.25) is 14.6 Å². The third kappa shape index (κ3) is 3.11. The van der Waals surface area contributed by atoms with Gasteiger partial charge in [-0.25, -0.2) is 0 Å². The van der Waals surface area contributed by atoms with Crippen molar-refractivity contribution in [2.24, 2.45) is 5.92 Å². The molecule has 2 atom stereocenters. The van der Waals surface area contributed by atoms with Gasteiger partial charge in [-0.2, -0.15) is 0 Å². The third-order valence-electron chi connectivity index (χ3n) is 6.40. The average molecular weight is 378 g/mol. The lowest BCUT2D eigenvalue weighted by molar-refractivity contribution is -0.137. The van der Waals surface area contributed by atoms with E-state index in [4.69, 9.17) is 10.7 Å². The fraction of sp³-hybridized carbons (Fsp3) is 0.500. The van der Waals surface area contributed by atoms with Gasteiger partial charge < -0.3 is 15.5 Å². The Balaban J connectivity index is 1.33. The number of hydrogen-bond acceptors (Lipinski definition) is 4. The predicted octanol–water partition coefficient (Wildman–Crippen LogP) is 2.53. The van der Waals surface area contributed by atoms with Crippen molar-refractivity contribution >= 4 is 28.4 Å². The Hall–Kier alpha value is -2.63. The Bertz CT molecular complexity index is 939. The molecule has 6 nitrogen and oxygen atoms in total. The van der Waals surface area contributed by atoms with Crippen LogP contribution in [0.15, 0.2) is 30.3 Å². The molecule has 1 aromatic carbocycles. The first-order valence-corrected chi connectivity index (χ1v) is 10.3. The molecule has 0 spiro atoms. The van der Waals surface area contributed by atoms with Crippen molar-refractivity contribution < 1.29 is 9.59 Å². The third-order valence-corrected chi connectivity index (χ3v) is 6.40. The standard InChI is InChI=1S/C22H26N4O2/c23-18-10-14-4-1-2-6-19(14)24-21(18)15-5-3-9-25(12-15)22(28)16-11-20(27)26(13-16)17-7-8-17/h1-2,4,6,10,15-17H,3,5,7-9,11-13,23H2/t15-,16-/m1/s1. The van der Waals surface area contributed by atoms with Crippen molar-refractivity contribution in [1.29, 1.82) is 0 Å². The maximum Gasteiger partial charge on any atom is 0.228 e. The predicted molar refractivity (Wildman–Crippen MR) is 108 cm³/mol. The Kier molecular flexibility index (Phi) is 4.22. The Labute approximate surface area is 164 Å². The molecule has 6 heteroatoms. The minimum atomic E-state index is -0.186. The molecule has 1 saturated carbocycles. The van der Waals surface area contributed by atoms with Crippen LogP contribution in [0.5, 0.6) is 0 Å². The number of amides is 2. The van der Waals surface area contributed by atoms with Gasteiger partial charge in [0, 0.05) is 43.4 Å². The number of carbonyl (C=O) groups excluding carboxylic acids is 2. The van der Waals surface area contributed by atoms with Crippen LogP contribution in [0.25, 0.3) is 10.9 Å². The van der Waals surface area contributed by atoms with Crippen molar-refractivity contribution in [3.8, 4) is 0 Å². The second-order valence-corrected chi connectivity index (χ2v) is 8.46. The van der Waals surface area contributed by atoms with E-state index in [1.54, 1.807) is 0 Å². The number of nitrogens with zero attached hydrogens (tertiary/aromatic N) is 3. The summed E-state index contributed by atoms with van der Waals surface area (Å²) in [5.41, 5.74) is 8.87. The average Bonchev–Trinajstić information content (AvgIpc) is 3.48. The zero-order chi connectivity index (χ0) is 19.3. The Morgan fingerprint density at radius 3 is 2.79 bits per heavy atom. The first-order valence-electron chi connectivity index (χ1n) is 10.3. The normalized spacial score (nSPS) is 25.5. The van der Waals surface area contributed by atoms with E-state index in [1.807, 2.05) is 40.1 Å². The molecule has 3 aliphatic rings. The summed E-state index contributed by atoms with van der Waals surface area (Å²) < 4.78 is 0. The SMILES string of the molecule is Nc1cc2ccccc2nc1[C@@H]1CCCN(C(=O)[C@@H]2CC(=O)N(C3CC3)C2)C1. The molecular formula is C22H26N4O2. The molecule has 2 N–H and O–H groups in total. The number of piperidine rings is 1. The summed E-state index contributed by atoms with van der Waals surface area (Å²) in [4.78, 5) is 34.0. The summed E-state index contributed by atoms with van der Waals surface area (Å²) in [5.74, 6) is 0.239. The highest BCUT2D eigenvalue weighted by atomic mass is 16.2. The van der Waals surface area contributed by atoms with Crippen LogP contribution < -0.4 is 5.73 Å². The van der Waals surface area contributed by atoms with Crippen LogP contribution in [-0.4, -0.2) is 52.3 Å². The minimum absolute atomic E-state index is 0.126. The van der Waals surface area contributed by atoms with Crippen LogP contribution in [0, 0.1) is 5.92 Å². The van der Waals surface area contributed by atoms with Crippen LogP contribution in [0.2, 0.25) is 0 Å². The zero-order valence-corrected chi connectivity index (χ0v) is 16.0. The van der Waals surface area contributed by atoms with Gasteiger partial charge in [0.15, 0.2) is 0 Å². The van der Waals surface area contributed by atoms with Gasteiger partial charge >= 0.3 is 0 Å². The van der Waals surface area contributed by atoms with Crippen molar-refractivity contribution in [3.05, 3.63) is 36.0 Å². The summed E-state index contributed by atoms with van der Waals surface area (Å²) in [6.45, 7) is 2.00. The van der Waals surface area contributed by atoms with Crippen molar-refractivity contribution in [3.63, 3.8) is 0 Å². The number of rotatable bonds is 3. The van der Waals surface area contributed by atoms with E-state index < -0.39 is 0 Å². The number of fused-ring (bicyclic) bond motifs is 1. The topological polar surface area (TPSA) is 79.5 Å². The smallest absolute Gasteiger partial charge is 0.228 e. The largest absolute Gasteiger partial charge is 0.397 e. The second-order valence-electron chi connectivity index (χ2n) is 8.46. The lowest BCUT2D eigenvalue weighted by Crippen LogP contribution is -2.43. The fourth-order valence-corrected chi connectivity index (χ4v) is 4.77. The molecule has 1 aliphatic carbocycles. The number of nitrogen functional groups attached to an aromatic ring is 1. The van der Waals surface area contributed by atoms with Crippen molar-refractivity contribution in [2.45, 2.75) is 44.1 Å². The summed E-state index contributed by atoms with van der Waals surface area (Å²) in [6, 6.07) is 10.4. The van der Waals surface area contributed by atoms with E-state index in [0.29, 0.717) is 31.2 Å². The first-order chi connectivity index (χ1) is 13.6. The summed E-state index contributed by atoms with van der Waals surface area (Å²) in [7, 11) is 0. The highest BCUT2D eigenvalue weighted by molar-refractivity contribution is 5.89. The molecule has 2 aromatic rings. The van der Waals surface area contributed by atoms with Crippen LogP contribution in [0.3, 0.4) is 0 Å². The number of nitrogens with two attached hydrogens (primary N) is 1. The van der Waals surface area contributed by atoms with Crippen LogP contribution in [0.4, 0.5) is 5.69 Å². The lowest BCUT2D eigenvalue weighted by atomic mass is 9.91. The first kappa shape index (κ1) is 17.5. The monoisotopic (exact) mass is 378 g/mol. The molecule has 1 aromatic heterocycles. The van der Waals surface area contributed by atoms with E-state index in [2.05, 4.69) is 0 Å². The molecule has 5 rings (SSSR count). The maximum absolute atomic E-state index is 13.1. The molecule has 3 heterocycles. The van der Waals surface area contributed by atoms with Gasteiger partial charge in [0.05, 0.1) is 22.8 Å². The molecule has 0 bridgehead atoms. The van der Waals surface area contributed by atoms with E-state index >= 15 is 0 Å². The van der Waals surface area contributed by atoms with Gasteiger partial charge in [0.1, 0.15) is 0 Å². The molecular weight excluding hydrogens is 352 g/mol. The van der Waals surface area contributed by atoms with Crippen LogP contribution in [-0.2, 0) is 9.59 Å². The second kappa shape index (κ2) is 6.76. The Morgan fingerprint density at radius 2 is 1.96 bits per heavy atom. The number of carbonyl (C=O) groups is 2. The van der Waals surface area contributed by atoms with E-state index in [1.165, 1.54) is 0 Å². The molecule has 2 saturated heterocycles. The van der Waals surface area contributed by atoms with Crippen LogP contribution >= 0.6 is 0 Å². The molecule has 28 heavy (non-hydrogen) atoms. The quantitative estimate of drug-likeness (QED) is 0.890. The maximum atomic E-state index is 13.1. The minimum Gasteiger partial charge on any atom is -0.397 e. The van der Waals surface area contributed by atoms with E-state index in [0.717, 1.165) is 48.8 Å². The molecule has 2 aliphatic heterocycles. The molecule has 0 radical (unpaired) electrons. The van der Waals surface area contributed by atoms with Gasteiger partial charge in [0.2, 0.25) is 11.8 Å². The number of likely N-dealkylation sites (tertiary alicyclic amines) is 2. The molecule has 0 unspecified atom stereocenters. The number of hydrogen-bond donors (Lipinski definition) is 1. The summed E-state index contributed by atoms with van der Waals surface area (Å²) in [6.07, 6.45) is 4.47. The number of pyridine rings is 1. The lowest BCUT2D eigenvalue weighted by Gasteiger charge is -2.34. The van der Waals surface area contributed by atoms with Gasteiger partial charge in [-0.05, 0) is 37.8 Å². The molecule has 2 amide bonds. The Morgan fingerprint density at radius 1 is 1.14 bits per heavy atom. The highest BCUT2D eigenvalue weighted by Crippen LogP contribution is 2.35. The van der Waals surface area contributed by atoms with Crippen molar-refractivity contribution in [1.82, 2.24) is 14.8 Å². The number of anilines is 1. The van der Waals surface area contributed by atoms with Crippen molar-refractivity contribution in [2.75, 3.05) is 25.4 Å². The van der Waals surface area contributed by atoms with E-state index in [9.17, 15) is 9.59 Å². The summed E-state index contributed by atoms with van der Waals surface area (Å²) >= 11 is 0. The molecule has 3 fully saturated rings. The van der Waals surface area contributed by atoms with Gasteiger partial charge in [0.25, 0.3) is 0 Å². The number of benzene rings is 1. The van der Waals surface area contributed by atoms with Gasteiger partial charge in [-0.1, -0.05) is 18.2 Å². The van der Waals surface area contributed by atoms with Crippen LogP contribution in [0.1, 0.15) is 43.7 Å². The highest BCUT2D eigenvalue weighted by Gasteiger charge is 2.43. The number of aromatic nitrogens is 1. The summed E-state index contributed by atoms with van der Waals surface area (Å²) in [5, 5.41) is 1.04. The fourth-order valence-electron chi connectivity index (χ4n) is 4.77. The molecule has 146 valence electrons. The van der Waals surface area contributed by atoms with E-state index in [-0.39, 0.29) is 23.7 Å². The van der Waals surface area contributed by atoms with Gasteiger partial charge in [-0.15, -0.1) is 0 Å².